The quantitative estimate of drug-likeness (QED) is 0.544. The van der Waals surface area contributed by atoms with Crippen LogP contribution in [-0.2, 0) is 28.5 Å². The van der Waals surface area contributed by atoms with Crippen molar-refractivity contribution in [2.45, 2.75) is 5.92 Å². The van der Waals surface area contributed by atoms with Crippen LogP contribution in [0.1, 0.15) is 11.5 Å². The van der Waals surface area contributed by atoms with Crippen molar-refractivity contribution in [3.05, 3.63) is 57.7 Å². The summed E-state index contributed by atoms with van der Waals surface area (Å²) in [4.78, 5) is 31.4. The summed E-state index contributed by atoms with van der Waals surface area (Å²) in [6.07, 6.45) is 0. The molecule has 0 amide bonds. The molecule has 0 unspecified atom stereocenters. The van der Waals surface area contributed by atoms with Gasteiger partial charge in [-0.1, -0.05) is 18.2 Å². The molecule has 9 nitrogen and oxygen atoms in total. The van der Waals surface area contributed by atoms with Crippen molar-refractivity contribution >= 4 is 33.4 Å². The van der Waals surface area contributed by atoms with E-state index in [0.29, 0.717) is 50.7 Å². The monoisotopic (exact) mass is 527 g/mol. The second kappa shape index (κ2) is 11.7. The third kappa shape index (κ3) is 5.44. The lowest BCUT2D eigenvalue weighted by molar-refractivity contribution is -0.137. The topological polar surface area (TPSA) is 89.6 Å². The number of hydrogen-bond donors (Lipinski definition) is 1. The van der Waals surface area contributed by atoms with E-state index in [-0.39, 0.29) is 0 Å². The third-order valence-electron chi connectivity index (χ3n) is 7.13. The fourth-order valence-electron chi connectivity index (χ4n) is 5.26. The van der Waals surface area contributed by atoms with E-state index >= 15 is 0 Å². The number of nitrogens with zero attached hydrogens (tertiary/aromatic N) is 2. The van der Waals surface area contributed by atoms with Gasteiger partial charge in [-0.15, -0.1) is 11.3 Å². The summed E-state index contributed by atoms with van der Waals surface area (Å²) in [5, 5.41) is 6.57. The average molecular weight is 528 g/mol. The number of nitrogens with one attached hydrogen (secondary N) is 1. The van der Waals surface area contributed by atoms with Gasteiger partial charge in [-0.2, -0.15) is 0 Å². The fraction of sp³-hybridized carbons (Fsp3) is 0.481. The van der Waals surface area contributed by atoms with Crippen LogP contribution < -0.4 is 5.32 Å². The van der Waals surface area contributed by atoms with Crippen molar-refractivity contribution in [1.82, 2.24) is 15.1 Å². The first-order valence-corrected chi connectivity index (χ1v) is 13.4. The maximum atomic E-state index is 13.5. The highest BCUT2D eigenvalue weighted by Crippen LogP contribution is 2.44. The molecule has 0 spiro atoms. The van der Waals surface area contributed by atoms with Gasteiger partial charge in [0.2, 0.25) is 0 Å². The van der Waals surface area contributed by atoms with Gasteiger partial charge >= 0.3 is 11.9 Å². The average Bonchev–Trinajstić information content (AvgIpc) is 3.37. The zero-order valence-corrected chi connectivity index (χ0v) is 22.1. The predicted molar refractivity (Wildman–Crippen MR) is 140 cm³/mol. The van der Waals surface area contributed by atoms with Crippen LogP contribution in [0.3, 0.4) is 0 Å². The van der Waals surface area contributed by atoms with E-state index in [9.17, 15) is 9.59 Å². The number of benzene rings is 1. The van der Waals surface area contributed by atoms with Gasteiger partial charge in [-0.3, -0.25) is 9.80 Å². The Labute approximate surface area is 220 Å². The first-order chi connectivity index (χ1) is 18.1. The number of methoxy groups -OCH3 is 2. The molecule has 3 aliphatic heterocycles. The number of rotatable bonds is 7. The van der Waals surface area contributed by atoms with Crippen molar-refractivity contribution in [2.24, 2.45) is 0 Å². The van der Waals surface area contributed by atoms with Gasteiger partial charge < -0.3 is 24.3 Å². The molecule has 0 aliphatic carbocycles. The molecular formula is C27H33N3O6S. The number of fused-ring (bicyclic) bond motifs is 1. The number of dihydropyridines is 1. The smallest absolute Gasteiger partial charge is 0.336 e. The Morgan fingerprint density at radius 1 is 0.892 bits per heavy atom. The van der Waals surface area contributed by atoms with Crippen molar-refractivity contribution in [1.29, 1.82) is 0 Å². The summed E-state index contributed by atoms with van der Waals surface area (Å²) in [5.74, 6) is -1.53. The first-order valence-electron chi connectivity index (χ1n) is 12.6. The van der Waals surface area contributed by atoms with Crippen LogP contribution in [0.4, 0.5) is 0 Å². The molecular weight excluding hydrogens is 494 g/mol. The van der Waals surface area contributed by atoms with Crippen molar-refractivity contribution < 1.29 is 28.5 Å². The zero-order valence-electron chi connectivity index (χ0n) is 21.3. The highest BCUT2D eigenvalue weighted by atomic mass is 32.1. The molecule has 3 aliphatic rings. The molecule has 10 heteroatoms. The van der Waals surface area contributed by atoms with E-state index in [1.807, 2.05) is 23.6 Å². The van der Waals surface area contributed by atoms with E-state index in [4.69, 9.17) is 18.9 Å². The zero-order chi connectivity index (χ0) is 25.8. The van der Waals surface area contributed by atoms with E-state index in [1.165, 1.54) is 14.2 Å². The number of carbonyl (C=O) groups excluding carboxylic acids is 2. The molecule has 0 saturated carbocycles. The van der Waals surface area contributed by atoms with Gasteiger partial charge in [0.05, 0.1) is 57.7 Å². The number of thiophene rings is 1. The van der Waals surface area contributed by atoms with Crippen LogP contribution in [0.5, 0.6) is 0 Å². The van der Waals surface area contributed by atoms with Crippen LogP contribution in [-0.4, -0.2) is 102 Å². The van der Waals surface area contributed by atoms with Gasteiger partial charge in [-0.05, 0) is 22.4 Å². The highest BCUT2D eigenvalue weighted by Gasteiger charge is 2.41. The lowest BCUT2D eigenvalue weighted by Crippen LogP contribution is -2.45. The van der Waals surface area contributed by atoms with Crippen LogP contribution in [0, 0.1) is 0 Å². The van der Waals surface area contributed by atoms with Crippen LogP contribution in [0.15, 0.2) is 52.2 Å². The second-order valence-corrected chi connectivity index (χ2v) is 10.2. The minimum Gasteiger partial charge on any atom is -0.466 e. The minimum absolute atomic E-state index is 0.448. The van der Waals surface area contributed by atoms with Crippen molar-refractivity contribution in [3.8, 4) is 0 Å². The van der Waals surface area contributed by atoms with Crippen molar-refractivity contribution in [3.63, 3.8) is 0 Å². The maximum absolute atomic E-state index is 13.5. The van der Waals surface area contributed by atoms with Gasteiger partial charge in [0.15, 0.2) is 0 Å². The highest BCUT2D eigenvalue weighted by molar-refractivity contribution is 7.17. The van der Waals surface area contributed by atoms with Gasteiger partial charge in [0.25, 0.3) is 0 Å². The Kier molecular flexibility index (Phi) is 8.21. The van der Waals surface area contributed by atoms with Gasteiger partial charge in [0, 0.05) is 55.4 Å². The summed E-state index contributed by atoms with van der Waals surface area (Å²) in [6.45, 7) is 6.66. The number of esters is 2. The Bertz CT molecular complexity index is 1150. The largest absolute Gasteiger partial charge is 0.466 e. The standard InChI is InChI=1S/C27H33N3O6S/c1-33-26(31)24-20(15-29-7-11-35-12-8-29)28-21(16-30-9-13-36-14-10-30)25(27(32)34-2)23(24)19-17-37-22-6-4-3-5-18(19)22/h3-6,17,23,28H,7-16H2,1-2H3. The van der Waals surface area contributed by atoms with Crippen molar-refractivity contribution in [2.75, 3.05) is 79.9 Å². The Balaban J connectivity index is 1.67. The van der Waals surface area contributed by atoms with E-state index in [2.05, 4.69) is 21.2 Å². The molecule has 0 bridgehead atoms. The number of carbonyl (C=O) groups is 2. The molecule has 2 saturated heterocycles. The molecule has 2 fully saturated rings. The molecule has 0 radical (unpaired) electrons. The molecule has 1 N–H and O–H groups in total. The van der Waals surface area contributed by atoms with Gasteiger partial charge in [-0.25, -0.2) is 9.59 Å². The van der Waals surface area contributed by atoms with Crippen LogP contribution in [0.2, 0.25) is 0 Å². The predicted octanol–water partition coefficient (Wildman–Crippen LogP) is 2.11. The Morgan fingerprint density at radius 2 is 1.41 bits per heavy atom. The lowest BCUT2D eigenvalue weighted by Gasteiger charge is -2.37. The summed E-state index contributed by atoms with van der Waals surface area (Å²) in [5.41, 5.74) is 3.31. The van der Waals surface area contributed by atoms with Crippen LogP contribution >= 0.6 is 11.3 Å². The van der Waals surface area contributed by atoms with E-state index in [0.717, 1.165) is 53.2 Å². The maximum Gasteiger partial charge on any atom is 0.336 e. The summed E-state index contributed by atoms with van der Waals surface area (Å²) in [7, 11) is 2.77. The summed E-state index contributed by atoms with van der Waals surface area (Å²) in [6, 6.07) is 8.06. The summed E-state index contributed by atoms with van der Waals surface area (Å²) >= 11 is 1.60. The van der Waals surface area contributed by atoms with Gasteiger partial charge in [0.1, 0.15) is 0 Å². The molecule has 0 atom stereocenters. The molecule has 2 aromatic rings. The number of hydrogen-bond acceptors (Lipinski definition) is 10. The normalized spacial score (nSPS) is 20.3. The van der Waals surface area contributed by atoms with E-state index < -0.39 is 17.9 Å². The molecule has 1 aromatic heterocycles. The number of morpholine rings is 2. The summed E-state index contributed by atoms with van der Waals surface area (Å²) < 4.78 is 22.8. The second-order valence-electron chi connectivity index (χ2n) is 9.29. The third-order valence-corrected chi connectivity index (χ3v) is 8.11. The molecule has 4 heterocycles. The minimum atomic E-state index is -0.621. The van der Waals surface area contributed by atoms with E-state index in [1.54, 1.807) is 11.3 Å². The Hall–Kier alpha value is -2.76. The molecule has 1 aromatic carbocycles. The Morgan fingerprint density at radius 3 is 1.92 bits per heavy atom. The number of ether oxygens (including phenoxy) is 4. The molecule has 37 heavy (non-hydrogen) atoms. The lowest BCUT2D eigenvalue weighted by atomic mass is 9.79. The molecule has 198 valence electrons. The fourth-order valence-corrected chi connectivity index (χ4v) is 6.25. The SMILES string of the molecule is COC(=O)C1=C(CN2CCOCC2)NC(CN2CCOCC2)=C(C(=O)OC)C1c1csc2ccccc12. The first kappa shape index (κ1) is 25.9. The molecule has 5 rings (SSSR count). The van der Waals surface area contributed by atoms with Crippen LogP contribution in [0.25, 0.3) is 10.1 Å².